The lowest BCUT2D eigenvalue weighted by Crippen LogP contribution is -2.10. The summed E-state index contributed by atoms with van der Waals surface area (Å²) in [6, 6.07) is 58.4. The predicted molar refractivity (Wildman–Crippen MR) is 192 cm³/mol. The Bertz CT molecular complexity index is 2410. The zero-order valence-electron chi connectivity index (χ0n) is 24.4. The molecule has 0 atom stereocenters. The Morgan fingerprint density at radius 1 is 0.400 bits per heavy atom. The van der Waals surface area contributed by atoms with Crippen LogP contribution in [-0.2, 0) is 0 Å². The highest BCUT2D eigenvalue weighted by Gasteiger charge is 2.19. The minimum Gasteiger partial charge on any atom is -0.455 e. The quantitative estimate of drug-likeness (QED) is 0.197. The molecule has 0 amide bonds. The normalized spacial score (nSPS) is 11.6. The molecule has 0 spiro atoms. The summed E-state index contributed by atoms with van der Waals surface area (Å²) in [7, 11) is 0. The number of thiophene rings is 1. The van der Waals surface area contributed by atoms with E-state index < -0.39 is 0 Å². The van der Waals surface area contributed by atoms with Crippen molar-refractivity contribution in [3.63, 3.8) is 0 Å². The molecule has 0 N–H and O–H groups in total. The maximum absolute atomic E-state index is 6.59. The van der Waals surface area contributed by atoms with Gasteiger partial charge in [-0.1, -0.05) is 109 Å². The van der Waals surface area contributed by atoms with Crippen LogP contribution >= 0.6 is 11.3 Å². The van der Waals surface area contributed by atoms with E-state index >= 15 is 0 Å². The van der Waals surface area contributed by atoms with E-state index in [9.17, 15) is 0 Å². The molecule has 0 radical (unpaired) electrons. The van der Waals surface area contributed by atoms with Crippen molar-refractivity contribution in [3.8, 4) is 22.3 Å². The van der Waals surface area contributed by atoms with E-state index in [2.05, 4.69) is 169 Å². The van der Waals surface area contributed by atoms with Gasteiger partial charge in [-0.15, -0.1) is 11.3 Å². The molecule has 0 unspecified atom stereocenters. The maximum atomic E-state index is 6.59. The minimum atomic E-state index is 0.898. The maximum Gasteiger partial charge on any atom is 0.153 e. The van der Waals surface area contributed by atoms with Gasteiger partial charge in [-0.2, -0.15) is 0 Å². The first-order valence-electron chi connectivity index (χ1n) is 15.2. The number of benzene rings is 7. The second-order valence-corrected chi connectivity index (χ2v) is 12.4. The largest absolute Gasteiger partial charge is 0.455 e. The number of rotatable bonds is 5. The smallest absolute Gasteiger partial charge is 0.153 e. The summed E-state index contributed by atoms with van der Waals surface area (Å²) < 4.78 is 9.07. The molecule has 0 saturated heterocycles. The third-order valence-corrected chi connectivity index (χ3v) is 9.83. The van der Waals surface area contributed by atoms with E-state index in [0.29, 0.717) is 0 Å². The lowest BCUT2D eigenvalue weighted by molar-refractivity contribution is 0.673. The Morgan fingerprint density at radius 2 is 0.978 bits per heavy atom. The molecule has 2 aromatic heterocycles. The van der Waals surface area contributed by atoms with Crippen LogP contribution in [-0.4, -0.2) is 0 Å². The number of anilines is 3. The second-order valence-electron chi connectivity index (χ2n) is 11.4. The minimum absolute atomic E-state index is 0.898. The van der Waals surface area contributed by atoms with Crippen molar-refractivity contribution < 1.29 is 4.42 Å². The molecule has 9 rings (SSSR count). The zero-order chi connectivity index (χ0) is 29.7. The van der Waals surface area contributed by atoms with Gasteiger partial charge in [0.2, 0.25) is 0 Å². The van der Waals surface area contributed by atoms with Crippen molar-refractivity contribution in [1.82, 2.24) is 0 Å². The molecule has 0 aliphatic heterocycles. The van der Waals surface area contributed by atoms with Crippen molar-refractivity contribution in [2.45, 2.75) is 0 Å². The van der Waals surface area contributed by atoms with Gasteiger partial charge in [0, 0.05) is 43.3 Å². The number of furan rings is 1. The van der Waals surface area contributed by atoms with Gasteiger partial charge in [-0.3, -0.25) is 0 Å². The van der Waals surface area contributed by atoms with E-state index in [4.69, 9.17) is 4.42 Å². The highest BCUT2D eigenvalue weighted by atomic mass is 32.1. The standard InChI is InChI=1S/C42H27NOS/c1-3-11-28(12-4-1)30-15-9-17-32(25-30)43(33-18-10-16-31(26-33)29-13-5-2-6-14-29)34-21-24-39-38(27-34)36-22-23-37-35-19-7-8-20-40(35)45-42(37)41(36)44-39/h1-27H. The summed E-state index contributed by atoms with van der Waals surface area (Å²) in [5.74, 6) is 0. The zero-order valence-corrected chi connectivity index (χ0v) is 25.2. The summed E-state index contributed by atoms with van der Waals surface area (Å²) >= 11 is 1.81. The monoisotopic (exact) mass is 593 g/mol. The lowest BCUT2D eigenvalue weighted by atomic mass is 10.0. The van der Waals surface area contributed by atoms with E-state index in [0.717, 1.165) is 39.0 Å². The molecule has 0 aliphatic carbocycles. The van der Waals surface area contributed by atoms with Crippen LogP contribution < -0.4 is 4.90 Å². The van der Waals surface area contributed by atoms with Crippen molar-refractivity contribution >= 4 is 70.5 Å². The van der Waals surface area contributed by atoms with Crippen molar-refractivity contribution in [2.75, 3.05) is 4.90 Å². The average molecular weight is 594 g/mol. The molecule has 0 bridgehead atoms. The number of fused-ring (bicyclic) bond motifs is 7. The van der Waals surface area contributed by atoms with E-state index in [1.54, 1.807) is 11.3 Å². The van der Waals surface area contributed by atoms with Crippen LogP contribution in [0.15, 0.2) is 168 Å². The van der Waals surface area contributed by atoms with E-state index in [-0.39, 0.29) is 0 Å². The van der Waals surface area contributed by atoms with E-state index in [1.807, 2.05) is 0 Å². The van der Waals surface area contributed by atoms with Gasteiger partial charge in [0.15, 0.2) is 5.58 Å². The molecule has 2 heterocycles. The Morgan fingerprint density at radius 3 is 1.67 bits per heavy atom. The summed E-state index contributed by atoms with van der Waals surface area (Å²) in [5.41, 5.74) is 9.89. The van der Waals surface area contributed by atoms with Crippen LogP contribution in [0.3, 0.4) is 0 Å². The molecular weight excluding hydrogens is 567 g/mol. The number of hydrogen-bond acceptors (Lipinski definition) is 3. The third kappa shape index (κ3) is 4.40. The molecule has 212 valence electrons. The fourth-order valence-corrected chi connectivity index (χ4v) is 7.69. The summed E-state index contributed by atoms with van der Waals surface area (Å²) in [6.07, 6.45) is 0. The van der Waals surface area contributed by atoms with Crippen molar-refractivity contribution in [2.24, 2.45) is 0 Å². The highest BCUT2D eigenvalue weighted by Crippen LogP contribution is 2.44. The highest BCUT2D eigenvalue weighted by molar-refractivity contribution is 7.26. The van der Waals surface area contributed by atoms with Gasteiger partial charge < -0.3 is 9.32 Å². The number of nitrogens with zero attached hydrogens (tertiary/aromatic N) is 1. The van der Waals surface area contributed by atoms with Crippen LogP contribution in [0.5, 0.6) is 0 Å². The molecule has 45 heavy (non-hydrogen) atoms. The first kappa shape index (κ1) is 25.8. The molecule has 3 heteroatoms. The molecular formula is C42H27NOS. The van der Waals surface area contributed by atoms with Gasteiger partial charge >= 0.3 is 0 Å². The van der Waals surface area contributed by atoms with Gasteiger partial charge in [-0.05, 0) is 76.9 Å². The summed E-state index contributed by atoms with van der Waals surface area (Å²) in [4.78, 5) is 2.36. The van der Waals surface area contributed by atoms with Crippen LogP contribution in [0.25, 0.3) is 64.4 Å². The Labute approximate surface area is 265 Å². The topological polar surface area (TPSA) is 16.4 Å². The van der Waals surface area contributed by atoms with Gasteiger partial charge in [0.1, 0.15) is 5.58 Å². The Kier molecular flexibility index (Phi) is 6.03. The second kappa shape index (κ2) is 10.5. The molecule has 7 aromatic carbocycles. The molecule has 0 saturated carbocycles. The molecule has 2 nitrogen and oxygen atoms in total. The van der Waals surface area contributed by atoms with Crippen LogP contribution in [0.1, 0.15) is 0 Å². The predicted octanol–water partition coefficient (Wildman–Crippen LogP) is 12.8. The van der Waals surface area contributed by atoms with Crippen LogP contribution in [0, 0.1) is 0 Å². The average Bonchev–Trinajstić information content (AvgIpc) is 3.68. The summed E-state index contributed by atoms with van der Waals surface area (Å²) in [5, 5.41) is 4.79. The van der Waals surface area contributed by atoms with Crippen LogP contribution in [0.2, 0.25) is 0 Å². The van der Waals surface area contributed by atoms with E-state index in [1.165, 1.54) is 42.4 Å². The molecule has 0 fully saturated rings. The molecule has 0 aliphatic rings. The fourth-order valence-electron chi connectivity index (χ4n) is 6.50. The fraction of sp³-hybridized carbons (Fsp3) is 0. The number of hydrogen-bond donors (Lipinski definition) is 0. The van der Waals surface area contributed by atoms with Gasteiger partial charge in [0.25, 0.3) is 0 Å². The van der Waals surface area contributed by atoms with Crippen LogP contribution in [0.4, 0.5) is 17.1 Å². The Hall–Kier alpha value is -5.64. The first-order chi connectivity index (χ1) is 22.3. The van der Waals surface area contributed by atoms with Crippen molar-refractivity contribution in [1.29, 1.82) is 0 Å². The lowest BCUT2D eigenvalue weighted by Gasteiger charge is -2.26. The third-order valence-electron chi connectivity index (χ3n) is 8.65. The van der Waals surface area contributed by atoms with Gasteiger partial charge in [0.05, 0.1) is 4.70 Å². The Balaban J connectivity index is 1.25. The molecule has 9 aromatic rings. The van der Waals surface area contributed by atoms with Crippen molar-refractivity contribution in [3.05, 3.63) is 164 Å². The summed E-state index contributed by atoms with van der Waals surface area (Å²) in [6.45, 7) is 0. The van der Waals surface area contributed by atoms with Gasteiger partial charge in [-0.25, -0.2) is 0 Å². The SMILES string of the molecule is c1ccc(-c2cccc(N(c3cccc(-c4ccccc4)c3)c3ccc4oc5c(ccc6c7ccccc7sc65)c4c3)c2)cc1. The first-order valence-corrected chi connectivity index (χ1v) is 16.0.